The molecule has 4 nitrogen and oxygen atoms in total. The quantitative estimate of drug-likeness (QED) is 0.602. The molecule has 1 heterocycles. The van der Waals surface area contributed by atoms with Gasteiger partial charge in [0.25, 0.3) is 11.1 Å². The maximum Gasteiger partial charge on any atom is 0.295 e. The average molecular weight is 403 g/mol. The number of fused-ring (bicyclic) bond motifs is 1. The van der Waals surface area contributed by atoms with Crippen LogP contribution >= 0.6 is 35.0 Å². The number of thioether (sulfide) groups is 1. The van der Waals surface area contributed by atoms with Crippen LogP contribution in [0.2, 0.25) is 10.0 Å². The zero-order chi connectivity index (χ0) is 18.3. The molecule has 1 atom stereocenters. The lowest BCUT2D eigenvalue weighted by atomic mass is 10.1. The third kappa shape index (κ3) is 2.92. The summed E-state index contributed by atoms with van der Waals surface area (Å²) in [7, 11) is 0. The van der Waals surface area contributed by atoms with E-state index < -0.39 is 5.37 Å². The molecule has 7 heteroatoms. The van der Waals surface area contributed by atoms with Crippen LogP contribution in [0.1, 0.15) is 0 Å². The average Bonchev–Trinajstić information content (AvgIpc) is 2.91. The molecular formula is C19H12Cl2N2O2S. The van der Waals surface area contributed by atoms with Crippen LogP contribution in [0.4, 0.5) is 16.2 Å². The van der Waals surface area contributed by atoms with Gasteiger partial charge >= 0.3 is 0 Å². The summed E-state index contributed by atoms with van der Waals surface area (Å²) in [6.07, 6.45) is 0. The molecule has 1 aliphatic heterocycles. The number of hydrogen-bond acceptors (Lipinski definition) is 4. The fraction of sp³-hybridized carbons (Fsp3) is 0.0526. The SMILES string of the molecule is O=C1SC(Nc2c(Cl)cccc2Cl)C(=O)N1c1cccc2ccccc12. The lowest BCUT2D eigenvalue weighted by molar-refractivity contribution is -0.116. The Balaban J connectivity index is 1.70. The van der Waals surface area contributed by atoms with E-state index in [4.69, 9.17) is 23.2 Å². The van der Waals surface area contributed by atoms with Crippen LogP contribution in [-0.2, 0) is 4.79 Å². The van der Waals surface area contributed by atoms with Crippen LogP contribution < -0.4 is 10.2 Å². The Morgan fingerprint density at radius 3 is 2.31 bits per heavy atom. The molecule has 0 spiro atoms. The molecule has 130 valence electrons. The Labute approximate surface area is 164 Å². The number of amides is 2. The summed E-state index contributed by atoms with van der Waals surface area (Å²) in [5.74, 6) is -0.354. The Hall–Kier alpha value is -2.21. The third-order valence-electron chi connectivity index (χ3n) is 4.09. The van der Waals surface area contributed by atoms with E-state index in [9.17, 15) is 9.59 Å². The van der Waals surface area contributed by atoms with Crippen molar-refractivity contribution in [2.24, 2.45) is 0 Å². The monoisotopic (exact) mass is 402 g/mol. The summed E-state index contributed by atoms with van der Waals surface area (Å²) >= 11 is 13.2. The predicted molar refractivity (Wildman–Crippen MR) is 108 cm³/mol. The summed E-state index contributed by atoms with van der Waals surface area (Å²) in [5, 5.41) is 4.44. The van der Waals surface area contributed by atoms with E-state index in [2.05, 4.69) is 5.32 Å². The van der Waals surface area contributed by atoms with E-state index in [0.29, 0.717) is 21.4 Å². The number of nitrogens with zero attached hydrogens (tertiary/aromatic N) is 1. The fourth-order valence-corrected chi connectivity index (χ4v) is 4.27. The van der Waals surface area contributed by atoms with Crippen molar-refractivity contribution in [3.05, 3.63) is 70.7 Å². The van der Waals surface area contributed by atoms with Gasteiger partial charge in [0.1, 0.15) is 0 Å². The van der Waals surface area contributed by atoms with Crippen LogP contribution in [0.3, 0.4) is 0 Å². The van der Waals surface area contributed by atoms with Gasteiger partial charge in [-0.3, -0.25) is 9.59 Å². The number of imide groups is 1. The van der Waals surface area contributed by atoms with Gasteiger partial charge in [0.2, 0.25) is 0 Å². The molecule has 1 saturated heterocycles. The van der Waals surface area contributed by atoms with Crippen molar-refractivity contribution < 1.29 is 9.59 Å². The van der Waals surface area contributed by atoms with Crippen LogP contribution in [0.25, 0.3) is 10.8 Å². The summed E-state index contributed by atoms with van der Waals surface area (Å²) in [6, 6.07) is 18.2. The normalized spacial score (nSPS) is 17.2. The van der Waals surface area contributed by atoms with E-state index in [0.717, 1.165) is 22.5 Å². The first-order valence-corrected chi connectivity index (χ1v) is 9.43. The summed E-state index contributed by atoms with van der Waals surface area (Å²) in [6.45, 7) is 0. The highest BCUT2D eigenvalue weighted by molar-refractivity contribution is 8.16. The number of rotatable bonds is 3. The summed E-state index contributed by atoms with van der Waals surface area (Å²) in [4.78, 5) is 26.7. The van der Waals surface area contributed by atoms with E-state index in [1.54, 1.807) is 24.3 Å². The topological polar surface area (TPSA) is 49.4 Å². The second kappa shape index (κ2) is 6.83. The van der Waals surface area contributed by atoms with Crippen molar-refractivity contribution in [1.29, 1.82) is 0 Å². The van der Waals surface area contributed by atoms with E-state index in [1.165, 1.54) is 4.90 Å². The highest BCUT2D eigenvalue weighted by Crippen LogP contribution is 2.38. The Morgan fingerprint density at radius 1 is 0.885 bits per heavy atom. The molecule has 1 fully saturated rings. The lowest BCUT2D eigenvalue weighted by Gasteiger charge is -2.17. The molecule has 1 unspecified atom stereocenters. The highest BCUT2D eigenvalue weighted by atomic mass is 35.5. The number of carbonyl (C=O) groups excluding carboxylic acids is 2. The minimum absolute atomic E-state index is 0.341. The molecule has 0 aromatic heterocycles. The molecule has 26 heavy (non-hydrogen) atoms. The summed E-state index contributed by atoms with van der Waals surface area (Å²) < 4.78 is 0. The van der Waals surface area contributed by atoms with Gasteiger partial charge < -0.3 is 5.32 Å². The van der Waals surface area contributed by atoms with E-state index in [1.807, 2.05) is 36.4 Å². The molecule has 0 aliphatic carbocycles. The van der Waals surface area contributed by atoms with Crippen molar-refractivity contribution in [3.8, 4) is 0 Å². The molecule has 3 aromatic rings. The number of halogens is 2. The second-order valence-corrected chi connectivity index (χ2v) is 7.55. The first kappa shape index (κ1) is 17.2. The van der Waals surface area contributed by atoms with E-state index >= 15 is 0 Å². The van der Waals surface area contributed by atoms with Gasteiger partial charge in [-0.25, -0.2) is 4.90 Å². The van der Waals surface area contributed by atoms with Gasteiger partial charge in [0, 0.05) is 5.39 Å². The molecule has 0 saturated carbocycles. The van der Waals surface area contributed by atoms with Crippen molar-refractivity contribution in [3.63, 3.8) is 0 Å². The smallest absolute Gasteiger partial charge is 0.295 e. The molecule has 0 bridgehead atoms. The van der Waals surface area contributed by atoms with Crippen molar-refractivity contribution in [1.82, 2.24) is 0 Å². The van der Waals surface area contributed by atoms with Crippen LogP contribution in [0.5, 0.6) is 0 Å². The number of nitrogens with one attached hydrogen (secondary N) is 1. The third-order valence-corrected chi connectivity index (χ3v) is 5.66. The number of hydrogen-bond donors (Lipinski definition) is 1. The molecule has 3 aromatic carbocycles. The first-order valence-electron chi connectivity index (χ1n) is 7.79. The fourth-order valence-electron chi connectivity index (χ4n) is 2.89. The van der Waals surface area contributed by atoms with Crippen molar-refractivity contribution in [2.45, 2.75) is 5.37 Å². The predicted octanol–water partition coefficient (Wildman–Crippen LogP) is 5.78. The standard InChI is InChI=1S/C19H12Cl2N2O2S/c20-13-8-4-9-14(21)16(13)22-17-18(24)23(19(25)26-17)15-10-3-6-11-5-1-2-7-12(11)15/h1-10,17,22H. The molecule has 0 radical (unpaired) electrons. The zero-order valence-corrected chi connectivity index (χ0v) is 15.6. The molecule has 1 N–H and O–H groups in total. The molecule has 1 aliphatic rings. The van der Waals surface area contributed by atoms with Crippen LogP contribution in [0.15, 0.2) is 60.7 Å². The van der Waals surface area contributed by atoms with Crippen LogP contribution in [-0.4, -0.2) is 16.5 Å². The van der Waals surface area contributed by atoms with Gasteiger partial charge in [-0.05, 0) is 35.3 Å². The van der Waals surface area contributed by atoms with Gasteiger partial charge in [-0.15, -0.1) is 0 Å². The lowest BCUT2D eigenvalue weighted by Crippen LogP contribution is -2.34. The first-order chi connectivity index (χ1) is 12.6. The Kier molecular flexibility index (Phi) is 4.53. The van der Waals surface area contributed by atoms with E-state index in [-0.39, 0.29) is 11.1 Å². The Morgan fingerprint density at radius 2 is 1.54 bits per heavy atom. The summed E-state index contributed by atoms with van der Waals surface area (Å²) in [5.41, 5.74) is 1.01. The molecule has 2 amide bonds. The zero-order valence-electron chi connectivity index (χ0n) is 13.3. The van der Waals surface area contributed by atoms with Gasteiger partial charge in [0.15, 0.2) is 5.37 Å². The number of benzene rings is 3. The number of para-hydroxylation sites is 1. The Bertz CT molecular complexity index is 1020. The van der Waals surface area contributed by atoms with Gasteiger partial charge in [0.05, 0.1) is 21.4 Å². The van der Waals surface area contributed by atoms with Crippen molar-refractivity contribution >= 4 is 68.3 Å². The van der Waals surface area contributed by atoms with Gasteiger partial charge in [-0.2, -0.15) is 0 Å². The maximum atomic E-state index is 12.9. The van der Waals surface area contributed by atoms with Gasteiger partial charge in [-0.1, -0.05) is 65.7 Å². The van der Waals surface area contributed by atoms with Crippen molar-refractivity contribution in [2.75, 3.05) is 10.2 Å². The largest absolute Gasteiger partial charge is 0.363 e. The number of anilines is 2. The number of carbonyl (C=O) groups is 2. The maximum absolute atomic E-state index is 12.9. The molecule has 4 rings (SSSR count). The second-order valence-electron chi connectivity index (χ2n) is 5.68. The minimum atomic E-state index is -0.793. The molecular weight excluding hydrogens is 391 g/mol. The minimum Gasteiger partial charge on any atom is -0.363 e. The highest BCUT2D eigenvalue weighted by Gasteiger charge is 2.41. The van der Waals surface area contributed by atoms with Crippen LogP contribution in [0, 0.1) is 0 Å².